The summed E-state index contributed by atoms with van der Waals surface area (Å²) in [5.74, 6) is 0. The lowest BCUT2D eigenvalue weighted by Crippen LogP contribution is -2.35. The van der Waals surface area contributed by atoms with Gasteiger partial charge in [-0.3, -0.25) is 0 Å². The molecule has 20 heavy (non-hydrogen) atoms. The summed E-state index contributed by atoms with van der Waals surface area (Å²) in [5, 5.41) is 0. The van der Waals surface area contributed by atoms with Crippen molar-refractivity contribution in [2.75, 3.05) is 6.26 Å². The predicted molar refractivity (Wildman–Crippen MR) is 80.5 cm³/mol. The molecule has 4 nitrogen and oxygen atoms in total. The Bertz CT molecular complexity index is 642. The Morgan fingerprint density at radius 2 is 1.35 bits per heavy atom. The molecular weight excluding hydrogens is 272 g/mol. The summed E-state index contributed by atoms with van der Waals surface area (Å²) < 4.78 is 25.8. The molecule has 2 atom stereocenters. The third-order valence-corrected chi connectivity index (χ3v) is 3.73. The van der Waals surface area contributed by atoms with Crippen molar-refractivity contribution in [3.05, 3.63) is 71.8 Å². The number of benzene rings is 2. The van der Waals surface area contributed by atoms with Crippen molar-refractivity contribution in [1.29, 1.82) is 0 Å². The molecule has 106 valence electrons. The maximum absolute atomic E-state index is 11.6. The summed E-state index contributed by atoms with van der Waals surface area (Å²) in [4.78, 5) is 0. The minimum absolute atomic E-state index is 0.451. The zero-order chi connectivity index (χ0) is 14.6. The third kappa shape index (κ3) is 3.90. The van der Waals surface area contributed by atoms with Crippen molar-refractivity contribution in [3.8, 4) is 0 Å². The highest BCUT2D eigenvalue weighted by Gasteiger charge is 2.24. The number of nitrogens with one attached hydrogen (secondary N) is 1. The fraction of sp³-hybridized carbons (Fsp3) is 0.200. The molecule has 0 saturated heterocycles. The lowest BCUT2D eigenvalue weighted by atomic mass is 9.95. The zero-order valence-corrected chi connectivity index (χ0v) is 12.0. The van der Waals surface area contributed by atoms with Crippen LogP contribution in [0.4, 0.5) is 0 Å². The van der Waals surface area contributed by atoms with E-state index in [0.29, 0.717) is 0 Å². The van der Waals surface area contributed by atoms with E-state index in [9.17, 15) is 8.42 Å². The molecule has 0 aromatic heterocycles. The van der Waals surface area contributed by atoms with Crippen LogP contribution in [0.5, 0.6) is 0 Å². The van der Waals surface area contributed by atoms with Crippen LogP contribution in [-0.2, 0) is 10.0 Å². The van der Waals surface area contributed by atoms with Crippen LogP contribution in [-0.4, -0.2) is 14.7 Å². The minimum atomic E-state index is -3.35. The second kappa shape index (κ2) is 6.17. The maximum Gasteiger partial charge on any atom is 0.209 e. The first kappa shape index (κ1) is 14.7. The molecule has 0 bridgehead atoms. The molecule has 2 rings (SSSR count). The maximum atomic E-state index is 11.6. The van der Waals surface area contributed by atoms with Crippen molar-refractivity contribution < 1.29 is 8.42 Å². The molecule has 2 aromatic carbocycles. The Balaban J connectivity index is 2.37. The van der Waals surface area contributed by atoms with Crippen molar-refractivity contribution in [1.82, 2.24) is 4.72 Å². The number of hydrogen-bond donors (Lipinski definition) is 2. The SMILES string of the molecule is CS(=O)(=O)N[C@H](c1ccccc1)[C@@H](N)c1ccccc1. The van der Waals surface area contributed by atoms with E-state index >= 15 is 0 Å². The van der Waals surface area contributed by atoms with Crippen LogP contribution in [0.2, 0.25) is 0 Å². The van der Waals surface area contributed by atoms with Gasteiger partial charge in [0.05, 0.1) is 18.3 Å². The molecule has 0 heterocycles. The third-order valence-electron chi connectivity index (χ3n) is 3.04. The smallest absolute Gasteiger partial charge is 0.209 e. The lowest BCUT2D eigenvalue weighted by Gasteiger charge is -2.25. The molecule has 0 aliphatic rings. The van der Waals surface area contributed by atoms with Crippen molar-refractivity contribution in [2.24, 2.45) is 5.73 Å². The Morgan fingerprint density at radius 3 is 1.80 bits per heavy atom. The number of hydrogen-bond acceptors (Lipinski definition) is 3. The first-order chi connectivity index (χ1) is 9.47. The van der Waals surface area contributed by atoms with Gasteiger partial charge >= 0.3 is 0 Å². The van der Waals surface area contributed by atoms with Crippen LogP contribution >= 0.6 is 0 Å². The topological polar surface area (TPSA) is 72.2 Å². The van der Waals surface area contributed by atoms with Crippen LogP contribution in [0.25, 0.3) is 0 Å². The highest BCUT2D eigenvalue weighted by molar-refractivity contribution is 7.88. The van der Waals surface area contributed by atoms with Gasteiger partial charge in [-0.25, -0.2) is 13.1 Å². The molecule has 3 N–H and O–H groups in total. The summed E-state index contributed by atoms with van der Waals surface area (Å²) >= 11 is 0. The van der Waals surface area contributed by atoms with E-state index in [1.165, 1.54) is 0 Å². The fourth-order valence-electron chi connectivity index (χ4n) is 2.11. The Kier molecular flexibility index (Phi) is 4.54. The quantitative estimate of drug-likeness (QED) is 0.884. The monoisotopic (exact) mass is 290 g/mol. The molecule has 0 radical (unpaired) electrons. The van der Waals surface area contributed by atoms with Crippen LogP contribution < -0.4 is 10.5 Å². The zero-order valence-electron chi connectivity index (χ0n) is 11.2. The molecule has 0 fully saturated rings. The van der Waals surface area contributed by atoms with Gasteiger partial charge in [0, 0.05) is 0 Å². The van der Waals surface area contributed by atoms with Crippen molar-refractivity contribution >= 4 is 10.0 Å². The summed E-state index contributed by atoms with van der Waals surface area (Å²) in [6.07, 6.45) is 1.14. The van der Waals surface area contributed by atoms with Gasteiger partial charge in [0.25, 0.3) is 0 Å². The van der Waals surface area contributed by atoms with Crippen molar-refractivity contribution in [2.45, 2.75) is 12.1 Å². The normalized spacial score (nSPS) is 14.7. The molecule has 0 unspecified atom stereocenters. The van der Waals surface area contributed by atoms with Gasteiger partial charge in [0.15, 0.2) is 0 Å². The van der Waals surface area contributed by atoms with Crippen LogP contribution in [0.3, 0.4) is 0 Å². The first-order valence-corrected chi connectivity index (χ1v) is 8.19. The number of sulfonamides is 1. The average molecular weight is 290 g/mol. The van der Waals surface area contributed by atoms with Gasteiger partial charge in [0.2, 0.25) is 10.0 Å². The van der Waals surface area contributed by atoms with E-state index in [0.717, 1.165) is 17.4 Å². The summed E-state index contributed by atoms with van der Waals surface area (Å²) in [6, 6.07) is 17.9. The van der Waals surface area contributed by atoms with Gasteiger partial charge < -0.3 is 5.73 Å². The molecule has 0 aliphatic carbocycles. The second-order valence-electron chi connectivity index (χ2n) is 4.71. The van der Waals surface area contributed by atoms with Gasteiger partial charge in [-0.1, -0.05) is 60.7 Å². The highest BCUT2D eigenvalue weighted by atomic mass is 32.2. The lowest BCUT2D eigenvalue weighted by molar-refractivity contribution is 0.507. The van der Waals surface area contributed by atoms with Crippen LogP contribution in [0, 0.1) is 0 Å². The molecule has 0 aliphatic heterocycles. The number of rotatable bonds is 5. The van der Waals surface area contributed by atoms with E-state index < -0.39 is 22.1 Å². The predicted octanol–water partition coefficient (Wildman–Crippen LogP) is 1.98. The van der Waals surface area contributed by atoms with Gasteiger partial charge in [0.1, 0.15) is 0 Å². The summed E-state index contributed by atoms with van der Waals surface area (Å²) in [5.41, 5.74) is 7.98. The van der Waals surface area contributed by atoms with Gasteiger partial charge in [-0.2, -0.15) is 0 Å². The summed E-state index contributed by atoms with van der Waals surface area (Å²) in [7, 11) is -3.35. The van der Waals surface area contributed by atoms with E-state index in [1.807, 2.05) is 60.7 Å². The van der Waals surface area contributed by atoms with Crippen LogP contribution in [0.1, 0.15) is 23.2 Å². The van der Waals surface area contributed by atoms with E-state index in [-0.39, 0.29) is 0 Å². The second-order valence-corrected chi connectivity index (χ2v) is 6.49. The average Bonchev–Trinajstić information content (AvgIpc) is 2.45. The highest BCUT2D eigenvalue weighted by Crippen LogP contribution is 2.27. The standard InChI is InChI=1S/C15H18N2O2S/c1-20(18,19)17-15(13-10-6-3-7-11-13)14(16)12-8-4-2-5-9-12/h2-11,14-15,17H,16H2,1H3/t14-,15+/m0/s1. The number of nitrogens with two attached hydrogens (primary N) is 1. The molecule has 2 aromatic rings. The van der Waals surface area contributed by atoms with E-state index in [2.05, 4.69) is 4.72 Å². The molecule has 0 spiro atoms. The fourth-order valence-corrected chi connectivity index (χ4v) is 2.85. The van der Waals surface area contributed by atoms with E-state index in [4.69, 9.17) is 5.73 Å². The minimum Gasteiger partial charge on any atom is -0.322 e. The first-order valence-electron chi connectivity index (χ1n) is 6.30. The Labute approximate surface area is 119 Å². The Morgan fingerprint density at radius 1 is 0.900 bits per heavy atom. The molecule has 0 saturated carbocycles. The molecule has 5 heteroatoms. The van der Waals surface area contributed by atoms with Crippen LogP contribution in [0.15, 0.2) is 60.7 Å². The largest absolute Gasteiger partial charge is 0.322 e. The van der Waals surface area contributed by atoms with Gasteiger partial charge in [-0.05, 0) is 11.1 Å². The molecular formula is C15H18N2O2S. The summed E-state index contributed by atoms with van der Waals surface area (Å²) in [6.45, 7) is 0. The Hall–Kier alpha value is -1.69. The van der Waals surface area contributed by atoms with Crippen molar-refractivity contribution in [3.63, 3.8) is 0 Å². The van der Waals surface area contributed by atoms with Gasteiger partial charge in [-0.15, -0.1) is 0 Å². The molecule has 0 amide bonds. The van der Waals surface area contributed by atoms with E-state index in [1.54, 1.807) is 0 Å².